The molecular formula is C29H30F3N3O2. The number of Topliss-reactive ketones (excluding diaryl/α,β-unsaturated/α-hetero) is 1. The molecule has 3 aromatic rings. The van der Waals surface area contributed by atoms with E-state index in [1.807, 2.05) is 0 Å². The molecule has 5 nitrogen and oxygen atoms in total. The number of carbonyl (C=O) groups excluding carboxylic acids is 1. The molecule has 0 spiro atoms. The smallest absolute Gasteiger partial charge is 0.201 e. The second kappa shape index (κ2) is 8.99. The normalized spacial score (nSPS) is 26.1. The summed E-state index contributed by atoms with van der Waals surface area (Å²) in [6.45, 7) is -0.497. The van der Waals surface area contributed by atoms with Crippen LogP contribution in [0.3, 0.4) is 0 Å². The zero-order valence-corrected chi connectivity index (χ0v) is 20.9. The molecule has 0 unspecified atom stereocenters. The zero-order chi connectivity index (χ0) is 25.9. The molecule has 0 amide bonds. The van der Waals surface area contributed by atoms with Crippen molar-refractivity contribution in [2.45, 2.75) is 44.9 Å². The highest BCUT2D eigenvalue weighted by molar-refractivity contribution is 5.99. The summed E-state index contributed by atoms with van der Waals surface area (Å²) in [5.41, 5.74) is -0.399. The van der Waals surface area contributed by atoms with Gasteiger partial charge in [-0.2, -0.15) is 0 Å². The highest BCUT2D eigenvalue weighted by atomic mass is 19.1. The number of anilines is 1. The number of halogens is 3. The van der Waals surface area contributed by atoms with Crippen molar-refractivity contribution in [3.05, 3.63) is 63.9 Å². The van der Waals surface area contributed by atoms with Crippen LogP contribution in [0.2, 0.25) is 0 Å². The van der Waals surface area contributed by atoms with Gasteiger partial charge in [0.2, 0.25) is 5.43 Å². The number of rotatable bonds is 7. The van der Waals surface area contributed by atoms with Gasteiger partial charge in [-0.15, -0.1) is 0 Å². The number of alkyl halides is 1. The summed E-state index contributed by atoms with van der Waals surface area (Å²) in [4.78, 5) is 33.4. The van der Waals surface area contributed by atoms with Crippen molar-refractivity contribution in [3.8, 4) is 5.69 Å². The van der Waals surface area contributed by atoms with Gasteiger partial charge in [0.15, 0.2) is 11.4 Å². The molecule has 4 bridgehead atoms. The molecule has 2 heterocycles. The quantitative estimate of drug-likeness (QED) is 0.375. The number of hydrogen-bond acceptors (Lipinski definition) is 4. The summed E-state index contributed by atoms with van der Waals surface area (Å²) >= 11 is 0. The fourth-order valence-corrected chi connectivity index (χ4v) is 7.65. The second-order valence-electron chi connectivity index (χ2n) is 11.5. The van der Waals surface area contributed by atoms with Crippen LogP contribution >= 0.6 is 0 Å². The molecule has 0 radical (unpaired) electrons. The minimum atomic E-state index is -0.839. The van der Waals surface area contributed by atoms with Gasteiger partial charge in [0.1, 0.15) is 24.1 Å². The Labute approximate surface area is 213 Å². The Morgan fingerprint density at radius 1 is 1.08 bits per heavy atom. The van der Waals surface area contributed by atoms with Crippen molar-refractivity contribution in [3.63, 3.8) is 0 Å². The molecule has 4 fully saturated rings. The Bertz CT molecular complexity index is 1420. The Hall–Kier alpha value is -3.16. The van der Waals surface area contributed by atoms with Gasteiger partial charge in [-0.05, 0) is 86.0 Å². The first kappa shape index (κ1) is 24.2. The first-order chi connectivity index (χ1) is 17.7. The largest absolute Gasteiger partial charge is 0.357 e. The third kappa shape index (κ3) is 4.24. The predicted octanol–water partition coefficient (Wildman–Crippen LogP) is 5.86. The van der Waals surface area contributed by atoms with Crippen molar-refractivity contribution >= 4 is 22.6 Å². The SMILES string of the molecule is CN(CCF)c1ccc2c(=O)c(C(=O)CC34CC5CC(CC(C5)C3)C4)cn(-c3ccc(F)cc3F)c2n1. The molecule has 194 valence electrons. The van der Waals surface area contributed by atoms with Gasteiger partial charge < -0.3 is 4.90 Å². The summed E-state index contributed by atoms with van der Waals surface area (Å²) in [7, 11) is 1.66. The van der Waals surface area contributed by atoms with Gasteiger partial charge in [-0.1, -0.05) is 0 Å². The molecule has 4 aliphatic carbocycles. The lowest BCUT2D eigenvalue weighted by Crippen LogP contribution is -2.47. The fraction of sp³-hybridized carbons (Fsp3) is 0.483. The lowest BCUT2D eigenvalue weighted by atomic mass is 9.48. The van der Waals surface area contributed by atoms with Gasteiger partial charge in [0, 0.05) is 32.3 Å². The third-order valence-corrected chi connectivity index (χ3v) is 8.82. The molecule has 0 N–H and O–H groups in total. The average Bonchev–Trinajstić information content (AvgIpc) is 2.83. The number of aromatic nitrogens is 2. The van der Waals surface area contributed by atoms with Crippen molar-refractivity contribution < 1.29 is 18.0 Å². The highest BCUT2D eigenvalue weighted by Crippen LogP contribution is 2.61. The lowest BCUT2D eigenvalue weighted by Gasteiger charge is -2.56. The van der Waals surface area contributed by atoms with Crippen molar-refractivity contribution in [2.75, 3.05) is 25.2 Å². The molecule has 37 heavy (non-hydrogen) atoms. The number of fused-ring (bicyclic) bond motifs is 1. The van der Waals surface area contributed by atoms with E-state index in [0.29, 0.717) is 30.0 Å². The fourth-order valence-electron chi connectivity index (χ4n) is 7.65. The molecule has 0 aliphatic heterocycles. The van der Waals surface area contributed by atoms with E-state index in [-0.39, 0.29) is 40.0 Å². The third-order valence-electron chi connectivity index (χ3n) is 8.82. The highest BCUT2D eigenvalue weighted by Gasteiger charge is 2.51. The standard InChI is InChI=1S/C29H30F3N3O2/c1-34(7-6-30)26-5-3-21-27(37)22(16-35(28(21)33-26)24-4-2-20(31)11-23(24)32)25(36)15-29-12-17-8-18(13-29)10-19(9-17)14-29/h2-5,11,16-19H,6-10,12-15H2,1H3. The Morgan fingerprint density at radius 2 is 1.76 bits per heavy atom. The Morgan fingerprint density at radius 3 is 2.38 bits per heavy atom. The predicted molar refractivity (Wildman–Crippen MR) is 136 cm³/mol. The molecule has 1 aromatic carbocycles. The summed E-state index contributed by atoms with van der Waals surface area (Å²) in [6.07, 6.45) is 8.53. The van der Waals surface area contributed by atoms with E-state index in [1.165, 1.54) is 36.1 Å². The van der Waals surface area contributed by atoms with Crippen LogP contribution in [0.25, 0.3) is 16.7 Å². The number of pyridine rings is 2. The van der Waals surface area contributed by atoms with E-state index < -0.39 is 23.7 Å². The summed E-state index contributed by atoms with van der Waals surface area (Å²) in [6, 6.07) is 6.29. The number of ketones is 1. The average molecular weight is 510 g/mol. The van der Waals surface area contributed by atoms with E-state index in [1.54, 1.807) is 24.1 Å². The summed E-state index contributed by atoms with van der Waals surface area (Å²) in [5, 5.41) is 0.164. The van der Waals surface area contributed by atoms with Crippen molar-refractivity contribution in [1.29, 1.82) is 0 Å². The molecule has 4 saturated carbocycles. The number of benzene rings is 1. The van der Waals surface area contributed by atoms with E-state index in [2.05, 4.69) is 4.98 Å². The number of nitrogens with zero attached hydrogens (tertiary/aromatic N) is 3. The van der Waals surface area contributed by atoms with E-state index >= 15 is 0 Å². The topological polar surface area (TPSA) is 55.2 Å². The van der Waals surface area contributed by atoms with Gasteiger partial charge in [0.25, 0.3) is 0 Å². The van der Waals surface area contributed by atoms with Gasteiger partial charge in [-0.25, -0.2) is 18.2 Å². The maximum absolute atomic E-state index is 15.0. The second-order valence-corrected chi connectivity index (χ2v) is 11.5. The maximum atomic E-state index is 15.0. The summed E-state index contributed by atoms with van der Waals surface area (Å²) in [5.74, 6) is 0.602. The zero-order valence-electron chi connectivity index (χ0n) is 20.9. The van der Waals surface area contributed by atoms with Crippen LogP contribution in [0, 0.1) is 34.8 Å². The van der Waals surface area contributed by atoms with Gasteiger partial charge in [0.05, 0.1) is 16.6 Å². The molecule has 0 atom stereocenters. The molecule has 4 aliphatic rings. The van der Waals surface area contributed by atoms with E-state index in [9.17, 15) is 22.8 Å². The lowest BCUT2D eigenvalue weighted by molar-refractivity contribution is -0.0524. The van der Waals surface area contributed by atoms with Gasteiger partial charge in [-0.3, -0.25) is 14.2 Å². The molecular weight excluding hydrogens is 479 g/mol. The van der Waals surface area contributed by atoms with E-state index in [0.717, 1.165) is 31.4 Å². The minimum absolute atomic E-state index is 0.00127. The monoisotopic (exact) mass is 509 g/mol. The first-order valence-electron chi connectivity index (χ1n) is 13.1. The van der Waals surface area contributed by atoms with E-state index in [4.69, 9.17) is 0 Å². The van der Waals surface area contributed by atoms with Crippen LogP contribution < -0.4 is 10.3 Å². The van der Waals surface area contributed by atoms with Crippen LogP contribution in [0.5, 0.6) is 0 Å². The molecule has 7 rings (SSSR count). The molecule has 0 saturated heterocycles. The van der Waals surface area contributed by atoms with Crippen molar-refractivity contribution in [1.82, 2.24) is 9.55 Å². The first-order valence-corrected chi connectivity index (χ1v) is 13.1. The van der Waals surface area contributed by atoms with Gasteiger partial charge >= 0.3 is 0 Å². The van der Waals surface area contributed by atoms with Crippen LogP contribution in [-0.4, -0.2) is 35.6 Å². The Balaban J connectivity index is 1.46. The maximum Gasteiger partial charge on any atom is 0.201 e. The summed E-state index contributed by atoms with van der Waals surface area (Å²) < 4.78 is 43.0. The Kier molecular flexibility index (Phi) is 5.88. The van der Waals surface area contributed by atoms with Crippen LogP contribution in [-0.2, 0) is 0 Å². The minimum Gasteiger partial charge on any atom is -0.357 e. The van der Waals surface area contributed by atoms with Crippen molar-refractivity contribution in [2.24, 2.45) is 23.2 Å². The van der Waals surface area contributed by atoms with Crippen LogP contribution in [0.15, 0.2) is 41.3 Å². The number of hydrogen-bond donors (Lipinski definition) is 0. The number of carbonyl (C=O) groups is 1. The molecule has 2 aromatic heterocycles. The molecule has 8 heteroatoms. The van der Waals surface area contributed by atoms with Crippen LogP contribution in [0.1, 0.15) is 55.3 Å². The van der Waals surface area contributed by atoms with Crippen LogP contribution in [0.4, 0.5) is 19.0 Å².